The molecule has 0 N–H and O–H groups in total. The van der Waals surface area contributed by atoms with Crippen molar-refractivity contribution in [1.82, 2.24) is 0 Å². The Kier molecular flexibility index (Phi) is 10.2. The fourth-order valence-electron chi connectivity index (χ4n) is 18.2. The van der Waals surface area contributed by atoms with E-state index in [2.05, 4.69) is 324 Å². The fourth-order valence-corrected chi connectivity index (χ4v) is 18.2. The summed E-state index contributed by atoms with van der Waals surface area (Å²) in [6.45, 7) is 14.1. The molecule has 434 valence electrons. The van der Waals surface area contributed by atoms with Crippen molar-refractivity contribution in [3.05, 3.63) is 329 Å². The van der Waals surface area contributed by atoms with Gasteiger partial charge < -0.3 is 14.2 Å². The van der Waals surface area contributed by atoms with E-state index >= 15 is 0 Å². The van der Waals surface area contributed by atoms with Crippen LogP contribution in [0.1, 0.15) is 97.2 Å². The summed E-state index contributed by atoms with van der Waals surface area (Å²) in [7, 11) is 0. The second kappa shape index (κ2) is 18.1. The van der Waals surface area contributed by atoms with E-state index in [1.807, 2.05) is 0 Å². The Morgan fingerprint density at radius 3 is 1.09 bits per heavy atom. The number of benzene rings is 13. The Labute approximate surface area is 537 Å². The summed E-state index contributed by atoms with van der Waals surface area (Å²) in [6.07, 6.45) is 0. The molecule has 0 atom stereocenters. The maximum absolute atomic E-state index is 6.61. The van der Waals surface area contributed by atoms with Crippen molar-refractivity contribution in [2.24, 2.45) is 0 Å². The lowest BCUT2D eigenvalue weighted by Crippen LogP contribution is -2.62. The molecule has 3 nitrogen and oxygen atoms in total. The highest BCUT2D eigenvalue weighted by Crippen LogP contribution is 2.68. The molecule has 3 heterocycles. The van der Waals surface area contributed by atoms with Crippen molar-refractivity contribution in [2.75, 3.05) is 9.80 Å². The first-order valence-electron chi connectivity index (χ1n) is 32.8. The molecule has 0 fully saturated rings. The van der Waals surface area contributed by atoms with Crippen LogP contribution in [0, 0.1) is 0 Å². The monoisotopic (exact) mass is 1170 g/mol. The third kappa shape index (κ3) is 6.51. The maximum Gasteiger partial charge on any atom is 0.252 e. The van der Waals surface area contributed by atoms with Gasteiger partial charge in [-0.15, -0.1) is 0 Å². The normalized spacial score (nSPS) is 15.0. The van der Waals surface area contributed by atoms with Crippen molar-refractivity contribution >= 4 is 79.2 Å². The lowest BCUT2D eigenvalue weighted by molar-refractivity contribution is 0.590. The second-order valence-electron chi connectivity index (χ2n) is 28.6. The highest BCUT2D eigenvalue weighted by atomic mass is 16.3. The van der Waals surface area contributed by atoms with Gasteiger partial charge in [-0.25, -0.2) is 0 Å². The van der Waals surface area contributed by atoms with Gasteiger partial charge in [-0.05, 0) is 182 Å². The number of anilines is 6. The minimum absolute atomic E-state index is 0.141. The Morgan fingerprint density at radius 1 is 0.293 bits per heavy atom. The number of fused-ring (bicyclic) bond motifs is 27. The van der Waals surface area contributed by atoms with Crippen LogP contribution in [-0.4, -0.2) is 6.71 Å². The molecule has 92 heavy (non-hydrogen) atoms. The SMILES string of the molecule is CC(C)(C)c1ccc2c(c1)B1c3cc(C(C)(C)C)ccc3N(c3cccc4c3C3(c5ccccc5-c5ccccc53)c3ccccc3-4)c3cc(-c4ccc5oc6ccccc6c5c4)cc(c31)N2c1cccc2c1C1(c3ccccc3-c3ccccc31)c1ccccc1-2. The van der Waals surface area contributed by atoms with Gasteiger partial charge in [0.1, 0.15) is 11.2 Å². The van der Waals surface area contributed by atoms with Gasteiger partial charge in [0.2, 0.25) is 0 Å². The van der Waals surface area contributed by atoms with Gasteiger partial charge in [-0.3, -0.25) is 0 Å². The van der Waals surface area contributed by atoms with Crippen molar-refractivity contribution < 1.29 is 4.42 Å². The third-order valence-corrected chi connectivity index (χ3v) is 22.0. The van der Waals surface area contributed by atoms with Gasteiger partial charge in [0, 0.05) is 44.6 Å². The molecule has 0 amide bonds. The van der Waals surface area contributed by atoms with E-state index in [9.17, 15) is 0 Å². The van der Waals surface area contributed by atoms with E-state index in [0.29, 0.717) is 0 Å². The lowest BCUT2D eigenvalue weighted by Gasteiger charge is -2.47. The summed E-state index contributed by atoms with van der Waals surface area (Å²) in [5.41, 5.74) is 37.0. The number of hydrogen-bond acceptors (Lipinski definition) is 3. The van der Waals surface area contributed by atoms with Crippen LogP contribution in [0.3, 0.4) is 0 Å². The smallest absolute Gasteiger partial charge is 0.252 e. The van der Waals surface area contributed by atoms with Crippen LogP contribution in [0.5, 0.6) is 0 Å². The molecule has 6 aliphatic rings. The number of para-hydroxylation sites is 1. The van der Waals surface area contributed by atoms with Gasteiger partial charge >= 0.3 is 0 Å². The van der Waals surface area contributed by atoms with E-state index in [1.54, 1.807) is 0 Å². The minimum Gasteiger partial charge on any atom is -0.456 e. The van der Waals surface area contributed by atoms with E-state index in [0.717, 1.165) is 33.1 Å². The molecular weight excluding hydrogens is 1110 g/mol. The highest BCUT2D eigenvalue weighted by Gasteiger charge is 2.57. The molecule has 0 saturated carbocycles. The van der Waals surface area contributed by atoms with Crippen molar-refractivity contribution in [1.29, 1.82) is 0 Å². The summed E-state index contributed by atoms with van der Waals surface area (Å²) in [5.74, 6) is 0. The molecule has 0 bridgehead atoms. The van der Waals surface area contributed by atoms with Gasteiger partial charge in [0.25, 0.3) is 6.71 Å². The van der Waals surface area contributed by atoms with Gasteiger partial charge in [-0.2, -0.15) is 0 Å². The molecule has 14 aromatic rings. The van der Waals surface area contributed by atoms with Gasteiger partial charge in [0.05, 0.1) is 22.2 Å². The Bertz CT molecular complexity index is 5200. The van der Waals surface area contributed by atoms with Crippen LogP contribution < -0.4 is 26.2 Å². The third-order valence-electron chi connectivity index (χ3n) is 22.0. The van der Waals surface area contributed by atoms with Gasteiger partial charge in [0.15, 0.2) is 0 Å². The first-order valence-corrected chi connectivity index (χ1v) is 32.8. The highest BCUT2D eigenvalue weighted by molar-refractivity contribution is 7.00. The van der Waals surface area contributed by atoms with E-state index in [-0.39, 0.29) is 17.5 Å². The summed E-state index contributed by atoms with van der Waals surface area (Å²) in [4.78, 5) is 5.46. The molecular formula is C88H63BN2O. The number of hydrogen-bond donors (Lipinski definition) is 0. The summed E-state index contributed by atoms with van der Waals surface area (Å²) < 4.78 is 6.61. The zero-order chi connectivity index (χ0) is 61.3. The van der Waals surface area contributed by atoms with E-state index in [4.69, 9.17) is 4.42 Å². The predicted molar refractivity (Wildman–Crippen MR) is 383 cm³/mol. The van der Waals surface area contributed by atoms with Gasteiger partial charge in [-0.1, -0.05) is 260 Å². The second-order valence-corrected chi connectivity index (χ2v) is 28.6. The molecule has 0 saturated heterocycles. The predicted octanol–water partition coefficient (Wildman–Crippen LogP) is 20.6. The van der Waals surface area contributed by atoms with Crippen LogP contribution in [0.4, 0.5) is 34.1 Å². The first-order chi connectivity index (χ1) is 44.9. The molecule has 2 spiro atoms. The molecule has 1 aromatic heterocycles. The number of nitrogens with zero attached hydrogens (tertiary/aromatic N) is 2. The first kappa shape index (κ1) is 52.1. The molecule has 0 radical (unpaired) electrons. The van der Waals surface area contributed by atoms with Crippen LogP contribution in [0.25, 0.3) is 77.6 Å². The fraction of sp³-hybridized carbons (Fsp3) is 0.114. The van der Waals surface area contributed by atoms with Crippen LogP contribution in [0.15, 0.2) is 277 Å². The van der Waals surface area contributed by atoms with Crippen molar-refractivity contribution in [3.8, 4) is 55.6 Å². The van der Waals surface area contributed by atoms with Crippen LogP contribution >= 0.6 is 0 Å². The standard InChI is InChI=1S/C88H63BN2O/c1-85(2,3)54-42-44-74-72(50-54)89-73-51-55(86(4,5)6)43-45-75(73)91(77-39-22-31-64-61-28-12-19-37-71(61)88(83(64)77)68-34-16-9-25-58(68)59-26-10-17-35-69(59)88)79-49-53(52-41-46-81-65(47-52)62-29-13-20-40-80(62)92-81)48-78(84(79)89)90(74)76-38-21-30-63-60-27-11-18-36-70(60)87(82(63)76)66-32-14-7-23-56(66)57-24-8-15-33-67(57)87/h7-51H,1-6H3. The number of rotatable bonds is 3. The summed E-state index contributed by atoms with van der Waals surface area (Å²) in [6, 6.07) is 105. The molecule has 4 aliphatic carbocycles. The molecule has 13 aromatic carbocycles. The van der Waals surface area contributed by atoms with E-state index < -0.39 is 10.8 Å². The minimum atomic E-state index is -0.620. The zero-order valence-corrected chi connectivity index (χ0v) is 52.4. The van der Waals surface area contributed by atoms with Crippen molar-refractivity contribution in [3.63, 3.8) is 0 Å². The largest absolute Gasteiger partial charge is 0.456 e. The van der Waals surface area contributed by atoms with E-state index in [1.165, 1.54) is 151 Å². The van der Waals surface area contributed by atoms with Crippen LogP contribution in [-0.2, 0) is 21.7 Å². The Balaban J connectivity index is 0.955. The Hall–Kier alpha value is -10.7. The average Bonchev–Trinajstić information content (AvgIpc) is 1.45. The maximum atomic E-state index is 6.61. The molecule has 0 unspecified atom stereocenters. The Morgan fingerprint density at radius 2 is 0.663 bits per heavy atom. The van der Waals surface area contributed by atoms with Crippen LogP contribution in [0.2, 0.25) is 0 Å². The molecule has 4 heteroatoms. The zero-order valence-electron chi connectivity index (χ0n) is 52.4. The van der Waals surface area contributed by atoms with Crippen molar-refractivity contribution in [2.45, 2.75) is 63.2 Å². The average molecular weight is 1180 g/mol. The summed E-state index contributed by atoms with van der Waals surface area (Å²) >= 11 is 0. The quantitative estimate of drug-likeness (QED) is 0.164. The number of furan rings is 1. The molecule has 2 aliphatic heterocycles. The topological polar surface area (TPSA) is 19.6 Å². The molecule has 20 rings (SSSR count). The summed E-state index contributed by atoms with van der Waals surface area (Å²) in [5, 5.41) is 2.22. The lowest BCUT2D eigenvalue weighted by atomic mass is 9.33.